The number of ether oxygens (including phenoxy) is 3. The van der Waals surface area contributed by atoms with Crippen molar-refractivity contribution in [1.82, 2.24) is 9.80 Å². The Kier molecular flexibility index (Phi) is 9.40. The number of fused-ring (bicyclic) bond motifs is 2. The van der Waals surface area contributed by atoms with Crippen LogP contribution < -0.4 is 24.2 Å². The third-order valence-corrected chi connectivity index (χ3v) is 9.32. The lowest BCUT2D eigenvalue weighted by atomic mass is 10.0. The summed E-state index contributed by atoms with van der Waals surface area (Å²) < 4.78 is 45.9. The number of nitrogens with one attached hydrogen (secondary N) is 2. The maximum Gasteiger partial charge on any atom is 0.321 e. The van der Waals surface area contributed by atoms with E-state index in [0.717, 1.165) is 5.56 Å². The molecule has 3 aromatic rings. The zero-order chi connectivity index (χ0) is 32.3. The van der Waals surface area contributed by atoms with Crippen molar-refractivity contribution in [2.24, 2.45) is 5.92 Å². The molecule has 0 aromatic heterocycles. The highest BCUT2D eigenvalue weighted by Crippen LogP contribution is 2.34. The summed E-state index contributed by atoms with van der Waals surface area (Å²) in [7, 11) is -2.23. The van der Waals surface area contributed by atoms with Crippen LogP contribution in [0, 0.1) is 12.8 Å². The molecular weight excluding hydrogens is 600 g/mol. The molecule has 3 amide bonds. The van der Waals surface area contributed by atoms with E-state index in [0.29, 0.717) is 28.5 Å². The van der Waals surface area contributed by atoms with E-state index in [1.807, 2.05) is 13.8 Å². The third-order valence-electron chi connectivity index (χ3n) is 7.92. The molecule has 5 rings (SSSR count). The Balaban J connectivity index is 1.38. The molecule has 0 aliphatic carbocycles. The number of urea groups is 1. The molecule has 3 aromatic carbocycles. The number of likely N-dealkylation sites (N-methyl/N-ethyl adjacent to an activating group) is 1. The van der Waals surface area contributed by atoms with Crippen LogP contribution in [0.1, 0.15) is 25.0 Å². The third kappa shape index (κ3) is 7.43. The SMILES string of the molecule is Cc1ccc(S(=O)(=O)Nc2ccc3c(c2)CC(=O)N([C@H](C)CO)C[C@@H](C)[C@@H](CN(C)C(=O)Nc2ccc4c(c2)OCO4)O3)cc1. The first-order chi connectivity index (χ1) is 21.4. The molecule has 45 heavy (non-hydrogen) atoms. The fraction of sp³-hybridized carbons (Fsp3) is 0.375. The summed E-state index contributed by atoms with van der Waals surface area (Å²) in [6, 6.07) is 15.6. The minimum atomic E-state index is -3.88. The fourth-order valence-corrected chi connectivity index (χ4v) is 6.24. The molecule has 2 heterocycles. The Morgan fingerprint density at radius 3 is 2.47 bits per heavy atom. The number of benzene rings is 3. The number of nitrogens with zero attached hydrogens (tertiary/aromatic N) is 2. The van der Waals surface area contributed by atoms with Crippen LogP contribution in [-0.4, -0.2) is 80.9 Å². The minimum absolute atomic E-state index is 0.0698. The molecule has 0 saturated heterocycles. The second-order valence-electron chi connectivity index (χ2n) is 11.5. The largest absolute Gasteiger partial charge is 0.488 e. The number of rotatable bonds is 8. The highest BCUT2D eigenvalue weighted by molar-refractivity contribution is 7.92. The van der Waals surface area contributed by atoms with E-state index in [9.17, 15) is 23.1 Å². The van der Waals surface area contributed by atoms with Gasteiger partial charge < -0.3 is 34.4 Å². The predicted octanol–water partition coefficient (Wildman–Crippen LogP) is 3.84. The molecule has 2 aliphatic heterocycles. The van der Waals surface area contributed by atoms with Gasteiger partial charge in [-0.25, -0.2) is 13.2 Å². The molecule has 0 fully saturated rings. The highest BCUT2D eigenvalue weighted by Gasteiger charge is 2.32. The van der Waals surface area contributed by atoms with Crippen molar-refractivity contribution < 1.29 is 37.3 Å². The van der Waals surface area contributed by atoms with Gasteiger partial charge in [-0.2, -0.15) is 0 Å². The molecule has 3 atom stereocenters. The molecule has 12 nitrogen and oxygen atoms in total. The molecule has 0 saturated carbocycles. The maximum atomic E-state index is 13.5. The number of hydrogen-bond donors (Lipinski definition) is 3. The second kappa shape index (κ2) is 13.2. The first-order valence-corrected chi connectivity index (χ1v) is 16.1. The van der Waals surface area contributed by atoms with E-state index in [1.165, 1.54) is 17.0 Å². The summed E-state index contributed by atoms with van der Waals surface area (Å²) in [6.07, 6.45) is -0.620. The maximum absolute atomic E-state index is 13.5. The number of carbonyl (C=O) groups excluding carboxylic acids is 2. The number of amides is 3. The molecule has 0 spiro atoms. The highest BCUT2D eigenvalue weighted by atomic mass is 32.2. The summed E-state index contributed by atoms with van der Waals surface area (Å²) >= 11 is 0. The molecule has 2 aliphatic rings. The van der Waals surface area contributed by atoms with Crippen molar-refractivity contribution >= 4 is 33.3 Å². The smallest absolute Gasteiger partial charge is 0.321 e. The van der Waals surface area contributed by atoms with Crippen molar-refractivity contribution in [1.29, 1.82) is 0 Å². The van der Waals surface area contributed by atoms with Gasteiger partial charge in [-0.15, -0.1) is 0 Å². The zero-order valence-corrected chi connectivity index (χ0v) is 26.5. The van der Waals surface area contributed by atoms with Crippen LogP contribution in [0.4, 0.5) is 16.2 Å². The molecule has 0 bridgehead atoms. The first kappa shape index (κ1) is 31.9. The normalized spacial score (nSPS) is 18.5. The van der Waals surface area contributed by atoms with Crippen molar-refractivity contribution in [2.75, 3.05) is 43.6 Å². The van der Waals surface area contributed by atoms with Crippen molar-refractivity contribution in [2.45, 2.75) is 44.2 Å². The fourth-order valence-electron chi connectivity index (χ4n) is 5.19. The molecule has 13 heteroatoms. The van der Waals surface area contributed by atoms with E-state index in [2.05, 4.69) is 10.0 Å². The van der Waals surface area contributed by atoms with E-state index >= 15 is 0 Å². The minimum Gasteiger partial charge on any atom is -0.488 e. The van der Waals surface area contributed by atoms with Gasteiger partial charge in [0.1, 0.15) is 11.9 Å². The Labute approximate surface area is 262 Å². The van der Waals surface area contributed by atoms with Crippen LogP contribution in [0.25, 0.3) is 0 Å². The molecular formula is C32H38N4O8S. The van der Waals surface area contributed by atoms with Gasteiger partial charge in [0.15, 0.2) is 11.5 Å². The molecule has 3 N–H and O–H groups in total. The predicted molar refractivity (Wildman–Crippen MR) is 168 cm³/mol. The van der Waals surface area contributed by atoms with Crippen molar-refractivity contribution in [3.8, 4) is 17.2 Å². The number of sulfonamides is 1. The number of aliphatic hydroxyl groups is 1. The van der Waals surface area contributed by atoms with Crippen molar-refractivity contribution in [3.05, 3.63) is 71.8 Å². The molecule has 0 unspecified atom stereocenters. The van der Waals surface area contributed by atoms with E-state index in [1.54, 1.807) is 67.4 Å². The quantitative estimate of drug-likeness (QED) is 0.337. The van der Waals surface area contributed by atoms with Crippen molar-refractivity contribution in [3.63, 3.8) is 0 Å². The molecule has 0 radical (unpaired) electrons. The summed E-state index contributed by atoms with van der Waals surface area (Å²) in [5.41, 5.74) is 2.23. The second-order valence-corrected chi connectivity index (χ2v) is 13.2. The zero-order valence-electron chi connectivity index (χ0n) is 25.6. The topological polar surface area (TPSA) is 147 Å². The van der Waals surface area contributed by atoms with Gasteiger partial charge >= 0.3 is 6.03 Å². The Morgan fingerprint density at radius 1 is 1.04 bits per heavy atom. The van der Waals surface area contributed by atoms with Gasteiger partial charge in [0.2, 0.25) is 12.7 Å². The number of hydrogen-bond acceptors (Lipinski definition) is 8. The van der Waals surface area contributed by atoms with Gasteiger partial charge in [-0.3, -0.25) is 9.52 Å². The standard InChI is InChI=1S/C32H38N4O8S/c1-20-5-9-26(10-6-20)45(40,41)34-25-8-11-27-23(13-25)14-31(38)36(22(3)18-37)16-21(2)30(44-27)17-35(4)32(39)33-24-7-12-28-29(15-24)43-19-42-28/h5-13,15,21-22,30,34,37H,14,16-19H2,1-4H3,(H,33,39)/t21-,22-,30-/m1/s1. The average molecular weight is 639 g/mol. The average Bonchev–Trinajstić information content (AvgIpc) is 3.48. The summed E-state index contributed by atoms with van der Waals surface area (Å²) in [5, 5.41) is 12.8. The number of aliphatic hydroxyl groups excluding tert-OH is 1. The summed E-state index contributed by atoms with van der Waals surface area (Å²) in [6.45, 7) is 5.91. The van der Waals surface area contributed by atoms with Gasteiger partial charge in [0, 0.05) is 42.5 Å². The monoisotopic (exact) mass is 638 g/mol. The lowest BCUT2D eigenvalue weighted by Crippen LogP contribution is -2.48. The summed E-state index contributed by atoms with van der Waals surface area (Å²) in [5.74, 6) is 1.08. The van der Waals surface area contributed by atoms with Gasteiger partial charge in [-0.1, -0.05) is 24.6 Å². The number of aryl methyl sites for hydroxylation is 1. The van der Waals surface area contributed by atoms with Crippen LogP contribution in [0.3, 0.4) is 0 Å². The van der Waals surface area contributed by atoms with Crippen LogP contribution in [-0.2, 0) is 21.2 Å². The lowest BCUT2D eigenvalue weighted by Gasteiger charge is -2.34. The van der Waals surface area contributed by atoms with Crippen LogP contribution >= 0.6 is 0 Å². The number of carbonyl (C=O) groups is 2. The van der Waals surface area contributed by atoms with Gasteiger partial charge in [0.25, 0.3) is 10.0 Å². The van der Waals surface area contributed by atoms with Crippen LogP contribution in [0.5, 0.6) is 17.2 Å². The van der Waals surface area contributed by atoms with Gasteiger partial charge in [-0.05, 0) is 56.3 Å². The Morgan fingerprint density at radius 2 is 1.73 bits per heavy atom. The van der Waals surface area contributed by atoms with E-state index in [-0.39, 0.29) is 61.3 Å². The van der Waals surface area contributed by atoms with Crippen LogP contribution in [0.15, 0.2) is 65.6 Å². The summed E-state index contributed by atoms with van der Waals surface area (Å²) in [4.78, 5) is 29.9. The first-order valence-electron chi connectivity index (χ1n) is 14.6. The number of anilines is 2. The van der Waals surface area contributed by atoms with E-state index < -0.39 is 22.2 Å². The Bertz CT molecular complexity index is 1660. The Hall–Kier alpha value is -4.49. The van der Waals surface area contributed by atoms with Gasteiger partial charge in [0.05, 0.1) is 30.5 Å². The molecule has 240 valence electrons. The van der Waals surface area contributed by atoms with Crippen LogP contribution in [0.2, 0.25) is 0 Å². The van der Waals surface area contributed by atoms with E-state index in [4.69, 9.17) is 14.2 Å². The lowest BCUT2D eigenvalue weighted by molar-refractivity contribution is -0.134.